The number of fused-ring (bicyclic) bond motifs is 1. The number of benzene rings is 3. The number of halogens is 1. The maximum atomic E-state index is 12.8. The third-order valence-electron chi connectivity index (χ3n) is 4.39. The second-order valence-electron chi connectivity index (χ2n) is 6.33. The summed E-state index contributed by atoms with van der Waals surface area (Å²) in [6, 6.07) is 17.2. The summed E-state index contributed by atoms with van der Waals surface area (Å²) in [6.45, 7) is 0. The van der Waals surface area contributed by atoms with Gasteiger partial charge in [0.2, 0.25) is 0 Å². The van der Waals surface area contributed by atoms with Crippen molar-refractivity contribution >= 4 is 48.9 Å². The Balaban J connectivity index is 1.60. The van der Waals surface area contributed by atoms with Crippen LogP contribution in [-0.2, 0) is 10.0 Å². The fourth-order valence-corrected chi connectivity index (χ4v) is 5.40. The summed E-state index contributed by atoms with van der Waals surface area (Å²) in [5.74, 6) is 0.993. The molecule has 1 heterocycles. The summed E-state index contributed by atoms with van der Waals surface area (Å²) >= 11 is 7.50. The molecule has 0 bridgehead atoms. The topological polar surface area (TPSA) is 77.5 Å². The van der Waals surface area contributed by atoms with Crippen LogP contribution in [0.15, 0.2) is 65.6 Å². The van der Waals surface area contributed by atoms with Crippen molar-refractivity contribution in [1.82, 2.24) is 4.98 Å². The predicted molar refractivity (Wildman–Crippen MR) is 120 cm³/mol. The van der Waals surface area contributed by atoms with E-state index in [0.717, 1.165) is 26.5 Å². The Kier molecular flexibility index (Phi) is 5.55. The minimum absolute atomic E-state index is 0.0262. The average Bonchev–Trinajstić information content (AvgIpc) is 3.17. The average molecular weight is 461 g/mol. The molecule has 30 heavy (non-hydrogen) atoms. The van der Waals surface area contributed by atoms with E-state index in [-0.39, 0.29) is 10.6 Å². The van der Waals surface area contributed by atoms with E-state index >= 15 is 0 Å². The second kappa shape index (κ2) is 8.14. The quantitative estimate of drug-likeness (QED) is 0.415. The molecule has 9 heteroatoms. The van der Waals surface area contributed by atoms with E-state index in [0.29, 0.717) is 10.7 Å². The molecule has 0 saturated heterocycles. The van der Waals surface area contributed by atoms with Gasteiger partial charge in [0.1, 0.15) is 21.4 Å². The van der Waals surface area contributed by atoms with Crippen molar-refractivity contribution in [3.63, 3.8) is 0 Å². The van der Waals surface area contributed by atoms with Gasteiger partial charge in [-0.1, -0.05) is 11.6 Å². The molecule has 1 aromatic heterocycles. The minimum atomic E-state index is -3.87. The lowest BCUT2D eigenvalue weighted by molar-refractivity contribution is 0.403. The normalized spacial score (nSPS) is 11.4. The van der Waals surface area contributed by atoms with Gasteiger partial charge >= 0.3 is 0 Å². The van der Waals surface area contributed by atoms with Gasteiger partial charge in [0.05, 0.1) is 24.4 Å². The number of ether oxygens (including phenoxy) is 2. The number of aromatic nitrogens is 1. The lowest BCUT2D eigenvalue weighted by Crippen LogP contribution is -2.14. The molecule has 4 aromatic rings. The maximum absolute atomic E-state index is 12.8. The van der Waals surface area contributed by atoms with E-state index in [4.69, 9.17) is 21.1 Å². The Morgan fingerprint density at radius 3 is 2.43 bits per heavy atom. The summed E-state index contributed by atoms with van der Waals surface area (Å²) < 4.78 is 39.6. The monoisotopic (exact) mass is 460 g/mol. The van der Waals surface area contributed by atoms with Crippen molar-refractivity contribution in [3.8, 4) is 22.1 Å². The first-order valence-electron chi connectivity index (χ1n) is 8.81. The number of methoxy groups -OCH3 is 2. The van der Waals surface area contributed by atoms with Crippen LogP contribution in [0.5, 0.6) is 11.5 Å². The molecule has 0 atom stereocenters. The molecule has 4 rings (SSSR count). The number of anilines is 1. The van der Waals surface area contributed by atoms with Gasteiger partial charge in [-0.15, -0.1) is 11.3 Å². The van der Waals surface area contributed by atoms with E-state index in [1.807, 2.05) is 30.3 Å². The largest absolute Gasteiger partial charge is 0.497 e. The molecule has 0 fully saturated rings. The molecule has 0 unspecified atom stereocenters. The van der Waals surface area contributed by atoms with Gasteiger partial charge in [0, 0.05) is 16.3 Å². The fourth-order valence-electron chi connectivity index (χ4n) is 2.91. The van der Waals surface area contributed by atoms with Crippen LogP contribution in [0.3, 0.4) is 0 Å². The van der Waals surface area contributed by atoms with E-state index in [1.54, 1.807) is 36.6 Å². The molecule has 154 valence electrons. The second-order valence-corrected chi connectivity index (χ2v) is 9.45. The highest BCUT2D eigenvalue weighted by atomic mass is 35.5. The van der Waals surface area contributed by atoms with Crippen molar-refractivity contribution in [1.29, 1.82) is 0 Å². The highest BCUT2D eigenvalue weighted by Crippen LogP contribution is 2.33. The van der Waals surface area contributed by atoms with Gasteiger partial charge in [-0.2, -0.15) is 0 Å². The van der Waals surface area contributed by atoms with Crippen LogP contribution in [0.25, 0.3) is 20.8 Å². The SMILES string of the molecule is COc1ccc2nc(-c3ccc(NS(=O)(=O)c4cc(Cl)ccc4OC)cc3)sc2c1. The highest BCUT2D eigenvalue weighted by Gasteiger charge is 2.20. The number of sulfonamides is 1. The first-order valence-corrected chi connectivity index (χ1v) is 11.5. The number of rotatable bonds is 6. The molecular weight excluding hydrogens is 444 g/mol. The summed E-state index contributed by atoms with van der Waals surface area (Å²) in [5.41, 5.74) is 2.19. The van der Waals surface area contributed by atoms with Crippen LogP contribution < -0.4 is 14.2 Å². The van der Waals surface area contributed by atoms with Crippen molar-refractivity contribution in [2.24, 2.45) is 0 Å². The third-order valence-corrected chi connectivity index (χ3v) is 7.10. The first-order chi connectivity index (χ1) is 14.4. The van der Waals surface area contributed by atoms with Crippen LogP contribution in [0.2, 0.25) is 5.02 Å². The van der Waals surface area contributed by atoms with E-state index in [1.165, 1.54) is 19.2 Å². The lowest BCUT2D eigenvalue weighted by Gasteiger charge is -2.12. The summed E-state index contributed by atoms with van der Waals surface area (Å²) in [6.07, 6.45) is 0. The molecule has 0 radical (unpaired) electrons. The summed E-state index contributed by atoms with van der Waals surface area (Å²) in [4.78, 5) is 4.61. The van der Waals surface area contributed by atoms with Gasteiger partial charge in [0.15, 0.2) is 0 Å². The highest BCUT2D eigenvalue weighted by molar-refractivity contribution is 7.92. The lowest BCUT2D eigenvalue weighted by atomic mass is 10.2. The van der Waals surface area contributed by atoms with Crippen molar-refractivity contribution in [2.75, 3.05) is 18.9 Å². The Bertz CT molecular complexity index is 1320. The zero-order valence-electron chi connectivity index (χ0n) is 16.0. The Morgan fingerprint density at radius 1 is 0.967 bits per heavy atom. The molecule has 1 N–H and O–H groups in total. The van der Waals surface area contributed by atoms with Crippen molar-refractivity contribution in [2.45, 2.75) is 4.90 Å². The zero-order chi connectivity index (χ0) is 21.3. The maximum Gasteiger partial charge on any atom is 0.265 e. The Morgan fingerprint density at radius 2 is 1.73 bits per heavy atom. The fraction of sp³-hybridized carbons (Fsp3) is 0.0952. The van der Waals surface area contributed by atoms with Crippen LogP contribution in [-0.4, -0.2) is 27.6 Å². The van der Waals surface area contributed by atoms with Crippen LogP contribution in [0.4, 0.5) is 5.69 Å². The Hall–Kier alpha value is -2.81. The molecular formula is C21H17ClN2O4S2. The summed E-state index contributed by atoms with van der Waals surface area (Å²) in [5, 5.41) is 1.14. The molecule has 0 aliphatic carbocycles. The number of thiazole rings is 1. The van der Waals surface area contributed by atoms with Gasteiger partial charge in [-0.05, 0) is 60.7 Å². The van der Waals surface area contributed by atoms with Gasteiger partial charge in [-0.3, -0.25) is 4.72 Å². The smallest absolute Gasteiger partial charge is 0.265 e. The van der Waals surface area contributed by atoms with Crippen LogP contribution in [0.1, 0.15) is 0 Å². The first kappa shape index (κ1) is 20.5. The third kappa shape index (κ3) is 4.07. The number of nitrogens with one attached hydrogen (secondary N) is 1. The summed E-state index contributed by atoms with van der Waals surface area (Å²) in [7, 11) is -0.836. The number of nitrogens with zero attached hydrogens (tertiary/aromatic N) is 1. The molecule has 3 aromatic carbocycles. The number of hydrogen-bond acceptors (Lipinski definition) is 6. The van der Waals surface area contributed by atoms with Gasteiger partial charge < -0.3 is 9.47 Å². The van der Waals surface area contributed by atoms with E-state index < -0.39 is 10.0 Å². The number of hydrogen-bond donors (Lipinski definition) is 1. The van der Waals surface area contributed by atoms with E-state index in [2.05, 4.69) is 9.71 Å². The van der Waals surface area contributed by atoms with Crippen molar-refractivity contribution < 1.29 is 17.9 Å². The zero-order valence-corrected chi connectivity index (χ0v) is 18.4. The van der Waals surface area contributed by atoms with Gasteiger partial charge in [-0.25, -0.2) is 13.4 Å². The van der Waals surface area contributed by atoms with Gasteiger partial charge in [0.25, 0.3) is 10.0 Å². The minimum Gasteiger partial charge on any atom is -0.497 e. The van der Waals surface area contributed by atoms with E-state index in [9.17, 15) is 8.42 Å². The molecule has 0 amide bonds. The predicted octanol–water partition coefficient (Wildman–Crippen LogP) is 5.43. The molecule has 0 spiro atoms. The van der Waals surface area contributed by atoms with Crippen LogP contribution in [0, 0.1) is 0 Å². The standard InChI is InChI=1S/C21H17ClN2O4S2/c1-27-16-8-9-17-19(12-16)29-21(23-17)13-3-6-15(7-4-13)24-30(25,26)20-11-14(22)5-10-18(20)28-2/h3-12,24H,1-2H3. The van der Waals surface area contributed by atoms with Crippen LogP contribution >= 0.6 is 22.9 Å². The molecule has 0 saturated carbocycles. The molecule has 0 aliphatic rings. The molecule has 0 aliphatic heterocycles. The Labute approximate surface area is 183 Å². The molecule has 6 nitrogen and oxygen atoms in total. The van der Waals surface area contributed by atoms with Crippen molar-refractivity contribution in [3.05, 3.63) is 65.7 Å².